The Bertz CT molecular complexity index is 513. The lowest BCUT2D eigenvalue weighted by Crippen LogP contribution is -2.29. The number of nitrogens with zero attached hydrogens (tertiary/aromatic N) is 2. The lowest BCUT2D eigenvalue weighted by molar-refractivity contribution is 0.344. The number of aromatic nitrogens is 2. The Morgan fingerprint density at radius 2 is 2.16 bits per heavy atom. The number of ether oxygens (including phenoxy) is 1. The van der Waals surface area contributed by atoms with Crippen molar-refractivity contribution in [3.63, 3.8) is 0 Å². The largest absolute Gasteiger partial charge is 0.493 e. The van der Waals surface area contributed by atoms with Crippen molar-refractivity contribution in [2.45, 2.75) is 5.03 Å². The summed E-state index contributed by atoms with van der Waals surface area (Å²) in [5.74, 6) is 1.37. The molecule has 1 aromatic heterocycles. The van der Waals surface area contributed by atoms with Gasteiger partial charge in [-0.15, -0.1) is 11.8 Å². The molecule has 0 radical (unpaired) electrons. The molecule has 5 nitrogen and oxygen atoms in total. The summed E-state index contributed by atoms with van der Waals surface area (Å²) in [5.41, 5.74) is 0.418. The van der Waals surface area contributed by atoms with E-state index in [1.165, 1.54) is 6.33 Å². The molecule has 98 valence electrons. The highest BCUT2D eigenvalue weighted by molar-refractivity contribution is 7.99. The highest BCUT2D eigenvalue weighted by Gasteiger charge is 2.10. The van der Waals surface area contributed by atoms with Crippen molar-refractivity contribution in [2.24, 2.45) is 0 Å². The summed E-state index contributed by atoms with van der Waals surface area (Å²) in [6, 6.07) is 8.59. The van der Waals surface area contributed by atoms with Gasteiger partial charge in [0.05, 0.1) is 11.6 Å². The standard InChI is InChI=1S/C12H13BN2O3S/c16-13(17)10-2-1-3-11(8-10)18-6-7-19-12-4-5-14-9-15-12/h1-5,8-9,16-17H,6-7H2. The molecule has 0 aliphatic rings. The van der Waals surface area contributed by atoms with Gasteiger partial charge in [-0.3, -0.25) is 0 Å². The van der Waals surface area contributed by atoms with Gasteiger partial charge in [-0.1, -0.05) is 12.1 Å². The van der Waals surface area contributed by atoms with Crippen molar-refractivity contribution in [1.29, 1.82) is 0 Å². The molecule has 2 rings (SSSR count). The Morgan fingerprint density at radius 3 is 2.89 bits per heavy atom. The zero-order valence-corrected chi connectivity index (χ0v) is 11.0. The molecule has 0 aliphatic carbocycles. The first-order chi connectivity index (χ1) is 9.25. The van der Waals surface area contributed by atoms with Gasteiger partial charge in [-0.05, 0) is 23.7 Å². The molecule has 0 amide bonds. The van der Waals surface area contributed by atoms with Crippen LogP contribution in [-0.4, -0.2) is 39.5 Å². The van der Waals surface area contributed by atoms with Crippen molar-refractivity contribution in [3.05, 3.63) is 42.9 Å². The van der Waals surface area contributed by atoms with E-state index in [9.17, 15) is 0 Å². The van der Waals surface area contributed by atoms with E-state index in [0.29, 0.717) is 17.8 Å². The topological polar surface area (TPSA) is 75.5 Å². The monoisotopic (exact) mass is 276 g/mol. The summed E-state index contributed by atoms with van der Waals surface area (Å²) >= 11 is 1.58. The van der Waals surface area contributed by atoms with Gasteiger partial charge in [0.1, 0.15) is 12.1 Å². The van der Waals surface area contributed by atoms with Crippen LogP contribution in [-0.2, 0) is 0 Å². The van der Waals surface area contributed by atoms with Crippen LogP contribution in [0.1, 0.15) is 0 Å². The smallest absolute Gasteiger partial charge is 0.488 e. The maximum absolute atomic E-state index is 9.05. The van der Waals surface area contributed by atoms with Crippen molar-refractivity contribution in [3.8, 4) is 5.75 Å². The summed E-state index contributed by atoms with van der Waals surface area (Å²) in [6.45, 7) is 0.514. The van der Waals surface area contributed by atoms with E-state index in [2.05, 4.69) is 9.97 Å². The van der Waals surface area contributed by atoms with Gasteiger partial charge < -0.3 is 14.8 Å². The second-order valence-corrected chi connectivity index (χ2v) is 4.81. The fraction of sp³-hybridized carbons (Fsp3) is 0.167. The minimum atomic E-state index is -1.47. The van der Waals surface area contributed by atoms with Gasteiger partial charge in [0.25, 0.3) is 0 Å². The zero-order chi connectivity index (χ0) is 13.5. The van der Waals surface area contributed by atoms with Crippen LogP contribution in [0, 0.1) is 0 Å². The second-order valence-electron chi connectivity index (χ2n) is 3.69. The molecule has 2 aromatic rings. The van der Waals surface area contributed by atoms with Crippen LogP contribution < -0.4 is 10.2 Å². The van der Waals surface area contributed by atoms with E-state index < -0.39 is 7.12 Å². The Balaban J connectivity index is 1.78. The van der Waals surface area contributed by atoms with E-state index in [1.807, 2.05) is 6.07 Å². The molecule has 19 heavy (non-hydrogen) atoms. The second kappa shape index (κ2) is 7.13. The predicted molar refractivity (Wildman–Crippen MR) is 74.5 cm³/mol. The Morgan fingerprint density at radius 1 is 1.26 bits per heavy atom. The van der Waals surface area contributed by atoms with E-state index >= 15 is 0 Å². The molecule has 0 saturated carbocycles. The van der Waals surface area contributed by atoms with Crippen LogP contribution >= 0.6 is 11.8 Å². The molecule has 0 saturated heterocycles. The van der Waals surface area contributed by atoms with E-state index in [1.54, 1.807) is 42.2 Å². The minimum Gasteiger partial charge on any atom is -0.493 e. The Labute approximate surface area is 115 Å². The van der Waals surface area contributed by atoms with Crippen molar-refractivity contribution in [2.75, 3.05) is 12.4 Å². The summed E-state index contributed by atoms with van der Waals surface area (Å²) in [5, 5.41) is 19.0. The Kier molecular flexibility index (Phi) is 5.20. The molecular formula is C12H13BN2O3S. The maximum atomic E-state index is 9.05. The van der Waals surface area contributed by atoms with Gasteiger partial charge in [-0.25, -0.2) is 9.97 Å². The van der Waals surface area contributed by atoms with Gasteiger partial charge >= 0.3 is 7.12 Å². The molecular weight excluding hydrogens is 263 g/mol. The van der Waals surface area contributed by atoms with Gasteiger partial charge in [0, 0.05) is 11.9 Å². The third-order valence-electron chi connectivity index (χ3n) is 2.31. The highest BCUT2D eigenvalue weighted by Crippen LogP contribution is 2.14. The Hall–Kier alpha value is -1.57. The lowest BCUT2D eigenvalue weighted by Gasteiger charge is -2.07. The van der Waals surface area contributed by atoms with Crippen LogP contribution in [0.15, 0.2) is 47.9 Å². The molecule has 0 fully saturated rings. The van der Waals surface area contributed by atoms with E-state index in [4.69, 9.17) is 14.8 Å². The molecule has 0 unspecified atom stereocenters. The zero-order valence-electron chi connectivity index (χ0n) is 10.1. The molecule has 2 N–H and O–H groups in total. The quantitative estimate of drug-likeness (QED) is 0.343. The normalized spacial score (nSPS) is 10.2. The molecule has 0 aliphatic heterocycles. The van der Waals surface area contributed by atoms with E-state index in [0.717, 1.165) is 10.8 Å². The third kappa shape index (κ3) is 4.55. The van der Waals surface area contributed by atoms with Crippen molar-refractivity contribution in [1.82, 2.24) is 9.97 Å². The molecule has 1 heterocycles. The molecule has 0 spiro atoms. The first kappa shape index (κ1) is 13.9. The number of thioether (sulfide) groups is 1. The molecule has 7 heteroatoms. The number of hydrogen-bond acceptors (Lipinski definition) is 6. The SMILES string of the molecule is OB(O)c1cccc(OCCSc2ccncn2)c1. The molecule has 1 aromatic carbocycles. The number of rotatable bonds is 6. The molecule has 0 bridgehead atoms. The average Bonchev–Trinajstić information content (AvgIpc) is 2.45. The average molecular weight is 276 g/mol. The summed E-state index contributed by atoms with van der Waals surface area (Å²) < 4.78 is 5.53. The predicted octanol–water partition coefficient (Wildman–Crippen LogP) is 0.327. The van der Waals surface area contributed by atoms with Crippen LogP contribution in [0.3, 0.4) is 0 Å². The number of benzene rings is 1. The highest BCUT2D eigenvalue weighted by atomic mass is 32.2. The van der Waals surface area contributed by atoms with Crippen LogP contribution in [0.4, 0.5) is 0 Å². The van der Waals surface area contributed by atoms with Gasteiger partial charge in [0.2, 0.25) is 0 Å². The summed E-state index contributed by atoms with van der Waals surface area (Å²) in [7, 11) is -1.47. The van der Waals surface area contributed by atoms with Gasteiger partial charge in [-0.2, -0.15) is 0 Å². The first-order valence-electron chi connectivity index (χ1n) is 5.73. The summed E-state index contributed by atoms with van der Waals surface area (Å²) in [6.07, 6.45) is 3.21. The lowest BCUT2D eigenvalue weighted by atomic mass is 9.80. The summed E-state index contributed by atoms with van der Waals surface area (Å²) in [4.78, 5) is 7.94. The van der Waals surface area contributed by atoms with Gasteiger partial charge in [0.15, 0.2) is 0 Å². The molecule has 0 atom stereocenters. The minimum absolute atomic E-state index is 0.418. The van der Waals surface area contributed by atoms with Crippen LogP contribution in [0.5, 0.6) is 5.75 Å². The third-order valence-corrected chi connectivity index (χ3v) is 3.22. The fourth-order valence-corrected chi connectivity index (χ4v) is 2.09. The first-order valence-corrected chi connectivity index (χ1v) is 6.72. The van der Waals surface area contributed by atoms with Crippen molar-refractivity contribution < 1.29 is 14.8 Å². The van der Waals surface area contributed by atoms with Crippen LogP contribution in [0.25, 0.3) is 0 Å². The van der Waals surface area contributed by atoms with Crippen LogP contribution in [0.2, 0.25) is 0 Å². The fourth-order valence-electron chi connectivity index (χ4n) is 1.43. The van der Waals surface area contributed by atoms with E-state index in [-0.39, 0.29) is 0 Å². The maximum Gasteiger partial charge on any atom is 0.488 e. The number of hydrogen-bond donors (Lipinski definition) is 2. The van der Waals surface area contributed by atoms with Crippen molar-refractivity contribution >= 4 is 24.3 Å².